The van der Waals surface area contributed by atoms with E-state index < -0.39 is 16.0 Å². The first-order chi connectivity index (χ1) is 10.9. The van der Waals surface area contributed by atoms with Crippen molar-refractivity contribution < 1.29 is 18.3 Å². The molecule has 7 heteroatoms. The Bertz CT molecular complexity index is 834. The van der Waals surface area contributed by atoms with E-state index in [4.69, 9.17) is 16.7 Å². The minimum atomic E-state index is -3.95. The van der Waals surface area contributed by atoms with Crippen LogP contribution in [0.4, 0.5) is 5.69 Å². The number of benzene rings is 2. The van der Waals surface area contributed by atoms with E-state index in [1.165, 1.54) is 18.2 Å². The van der Waals surface area contributed by atoms with Crippen LogP contribution in [0.3, 0.4) is 0 Å². The maximum absolute atomic E-state index is 12.9. The molecule has 0 aliphatic heterocycles. The van der Waals surface area contributed by atoms with Crippen molar-refractivity contribution in [2.24, 2.45) is 0 Å². The first kappa shape index (κ1) is 17.1. The molecule has 0 saturated carbocycles. The van der Waals surface area contributed by atoms with Gasteiger partial charge in [-0.2, -0.15) is 0 Å². The summed E-state index contributed by atoms with van der Waals surface area (Å²) in [5, 5.41) is 9.08. The van der Waals surface area contributed by atoms with Crippen molar-refractivity contribution in [1.82, 2.24) is 0 Å². The number of nitrogens with zero attached hydrogens (tertiary/aromatic N) is 1. The lowest BCUT2D eigenvalue weighted by Gasteiger charge is -2.23. The van der Waals surface area contributed by atoms with E-state index >= 15 is 0 Å². The van der Waals surface area contributed by atoms with Gasteiger partial charge in [-0.05, 0) is 30.3 Å². The lowest BCUT2D eigenvalue weighted by molar-refractivity contribution is 0.0697. The minimum absolute atomic E-state index is 0.0218. The third-order valence-electron chi connectivity index (χ3n) is 3.10. The molecule has 1 N–H and O–H groups in total. The Hall–Kier alpha value is -2.31. The minimum Gasteiger partial charge on any atom is -0.478 e. The fraction of sp³-hybridized carbons (Fsp3) is 0.0625. The highest BCUT2D eigenvalue weighted by atomic mass is 35.5. The third-order valence-corrected chi connectivity index (χ3v) is 5.21. The summed E-state index contributed by atoms with van der Waals surface area (Å²) in [6.07, 6.45) is 1.46. The largest absolute Gasteiger partial charge is 0.478 e. The Morgan fingerprint density at radius 1 is 1.22 bits per heavy atom. The zero-order valence-corrected chi connectivity index (χ0v) is 13.6. The number of hydrogen-bond acceptors (Lipinski definition) is 3. The zero-order valence-electron chi connectivity index (χ0n) is 12.0. The maximum Gasteiger partial charge on any atom is 0.337 e. The Morgan fingerprint density at radius 3 is 2.43 bits per heavy atom. The van der Waals surface area contributed by atoms with Crippen LogP contribution in [-0.4, -0.2) is 26.0 Å². The number of hydrogen-bond donors (Lipinski definition) is 1. The monoisotopic (exact) mass is 351 g/mol. The molecule has 120 valence electrons. The number of anilines is 1. The molecule has 23 heavy (non-hydrogen) atoms. The average molecular weight is 352 g/mol. The van der Waals surface area contributed by atoms with E-state index in [2.05, 4.69) is 6.58 Å². The van der Waals surface area contributed by atoms with Crippen molar-refractivity contribution in [2.75, 3.05) is 10.8 Å². The summed E-state index contributed by atoms with van der Waals surface area (Å²) in [5.74, 6) is -1.29. The van der Waals surface area contributed by atoms with Gasteiger partial charge >= 0.3 is 5.97 Å². The molecule has 0 unspecified atom stereocenters. The molecule has 2 aromatic rings. The average Bonchev–Trinajstić information content (AvgIpc) is 2.53. The second-order valence-electron chi connectivity index (χ2n) is 4.61. The maximum atomic E-state index is 12.9. The molecule has 2 rings (SSSR count). The smallest absolute Gasteiger partial charge is 0.337 e. The predicted molar refractivity (Wildman–Crippen MR) is 89.6 cm³/mol. The third kappa shape index (κ3) is 3.55. The molecule has 0 fully saturated rings. The van der Waals surface area contributed by atoms with Crippen LogP contribution in [-0.2, 0) is 10.0 Å². The Kier molecular flexibility index (Phi) is 5.08. The van der Waals surface area contributed by atoms with Gasteiger partial charge in [0.1, 0.15) is 0 Å². The standard InChI is InChI=1S/C16H14ClNO4S/c1-2-10-18(12-6-4-3-5-7-12)23(21,22)13-8-9-15(17)14(11-13)16(19)20/h2-9,11H,1,10H2,(H,19,20). The van der Waals surface area contributed by atoms with Crippen molar-refractivity contribution in [2.45, 2.75) is 4.90 Å². The molecule has 0 radical (unpaired) electrons. The number of para-hydroxylation sites is 1. The number of halogens is 1. The second kappa shape index (κ2) is 6.85. The summed E-state index contributed by atoms with van der Waals surface area (Å²) >= 11 is 5.79. The lowest BCUT2D eigenvalue weighted by atomic mass is 10.2. The molecule has 0 aliphatic carbocycles. The van der Waals surface area contributed by atoms with Gasteiger partial charge in [0.2, 0.25) is 0 Å². The van der Waals surface area contributed by atoms with Crippen LogP contribution in [0.1, 0.15) is 10.4 Å². The van der Waals surface area contributed by atoms with E-state index in [0.717, 1.165) is 10.4 Å². The topological polar surface area (TPSA) is 74.7 Å². The van der Waals surface area contributed by atoms with E-state index in [9.17, 15) is 13.2 Å². The molecule has 0 saturated heterocycles. The fourth-order valence-corrected chi connectivity index (χ4v) is 3.67. The molecule has 5 nitrogen and oxygen atoms in total. The number of sulfonamides is 1. The van der Waals surface area contributed by atoms with E-state index in [-0.39, 0.29) is 22.0 Å². The first-order valence-corrected chi connectivity index (χ1v) is 8.41. The molecular formula is C16H14ClNO4S. The molecule has 0 aromatic heterocycles. The molecule has 2 aromatic carbocycles. The second-order valence-corrected chi connectivity index (χ2v) is 6.88. The van der Waals surface area contributed by atoms with Crippen LogP contribution < -0.4 is 4.31 Å². The molecule has 0 atom stereocenters. The quantitative estimate of drug-likeness (QED) is 0.809. The van der Waals surface area contributed by atoms with Crippen molar-refractivity contribution in [1.29, 1.82) is 0 Å². The van der Waals surface area contributed by atoms with Crippen LogP contribution in [0.25, 0.3) is 0 Å². The SMILES string of the molecule is C=CCN(c1ccccc1)S(=O)(=O)c1ccc(Cl)c(C(=O)O)c1. The highest BCUT2D eigenvalue weighted by Gasteiger charge is 2.25. The van der Waals surface area contributed by atoms with Gasteiger partial charge in [0, 0.05) is 0 Å². The first-order valence-electron chi connectivity index (χ1n) is 6.59. The highest BCUT2D eigenvalue weighted by Crippen LogP contribution is 2.26. The van der Waals surface area contributed by atoms with Crippen LogP contribution >= 0.6 is 11.6 Å². The van der Waals surface area contributed by atoms with Gasteiger partial charge in [-0.1, -0.05) is 35.9 Å². The van der Waals surface area contributed by atoms with Crippen LogP contribution in [0, 0.1) is 0 Å². The normalized spacial score (nSPS) is 11.0. The molecule has 0 heterocycles. The predicted octanol–water partition coefficient (Wildman–Crippen LogP) is 3.42. The van der Waals surface area contributed by atoms with Gasteiger partial charge in [-0.25, -0.2) is 13.2 Å². The van der Waals surface area contributed by atoms with Crippen molar-refractivity contribution in [3.63, 3.8) is 0 Å². The molecule has 0 bridgehead atoms. The number of aromatic carboxylic acids is 1. The molecule has 0 aliphatic rings. The van der Waals surface area contributed by atoms with Gasteiger partial charge in [-0.15, -0.1) is 6.58 Å². The summed E-state index contributed by atoms with van der Waals surface area (Å²) < 4.78 is 26.8. The number of carbonyl (C=O) groups is 1. The van der Waals surface area contributed by atoms with Gasteiger partial charge in [0.05, 0.1) is 27.7 Å². The Labute approximate surface area is 139 Å². The van der Waals surface area contributed by atoms with E-state index in [0.29, 0.717) is 5.69 Å². The highest BCUT2D eigenvalue weighted by molar-refractivity contribution is 7.92. The lowest BCUT2D eigenvalue weighted by Crippen LogP contribution is -2.31. The summed E-state index contributed by atoms with van der Waals surface area (Å²) in [4.78, 5) is 11.0. The number of rotatable bonds is 6. The number of carboxylic acid groups (broad SMARTS) is 1. The summed E-state index contributed by atoms with van der Waals surface area (Å²) in [6.45, 7) is 3.62. The van der Waals surface area contributed by atoms with Gasteiger partial charge in [-0.3, -0.25) is 4.31 Å². The van der Waals surface area contributed by atoms with E-state index in [1.54, 1.807) is 30.3 Å². The summed E-state index contributed by atoms with van der Waals surface area (Å²) in [6, 6.07) is 12.1. The molecule has 0 spiro atoms. The van der Waals surface area contributed by atoms with Gasteiger partial charge in [0.15, 0.2) is 0 Å². The Balaban J connectivity index is 2.57. The van der Waals surface area contributed by atoms with Gasteiger partial charge < -0.3 is 5.11 Å². The van der Waals surface area contributed by atoms with Crippen molar-refractivity contribution in [3.05, 3.63) is 71.8 Å². The number of carboxylic acids is 1. The van der Waals surface area contributed by atoms with E-state index in [1.807, 2.05) is 0 Å². The molecular weight excluding hydrogens is 338 g/mol. The summed E-state index contributed by atoms with van der Waals surface area (Å²) in [5.41, 5.74) is 0.193. The van der Waals surface area contributed by atoms with Crippen molar-refractivity contribution >= 4 is 33.3 Å². The summed E-state index contributed by atoms with van der Waals surface area (Å²) in [7, 11) is -3.95. The van der Waals surface area contributed by atoms with Gasteiger partial charge in [0.25, 0.3) is 10.0 Å². The fourth-order valence-electron chi connectivity index (χ4n) is 2.01. The van der Waals surface area contributed by atoms with Crippen molar-refractivity contribution in [3.8, 4) is 0 Å². The van der Waals surface area contributed by atoms with Crippen LogP contribution in [0.5, 0.6) is 0 Å². The zero-order chi connectivity index (χ0) is 17.0. The van der Waals surface area contributed by atoms with Crippen LogP contribution in [0.15, 0.2) is 66.1 Å². The molecule has 0 amide bonds. The Morgan fingerprint density at radius 2 is 1.87 bits per heavy atom. The van der Waals surface area contributed by atoms with Crippen LogP contribution in [0.2, 0.25) is 5.02 Å².